The van der Waals surface area contributed by atoms with Gasteiger partial charge in [-0.3, -0.25) is 4.79 Å². The second-order valence-electron chi connectivity index (χ2n) is 3.03. The van der Waals surface area contributed by atoms with Crippen LogP contribution in [0.4, 0.5) is 5.69 Å². The third-order valence-electron chi connectivity index (χ3n) is 1.67. The molecule has 1 amide bonds. The van der Waals surface area contributed by atoms with Crippen LogP contribution in [0.1, 0.15) is 12.5 Å². The summed E-state index contributed by atoms with van der Waals surface area (Å²) in [5, 5.41) is 11.5. The first-order valence-corrected chi connectivity index (χ1v) is 4.15. The molecule has 0 aliphatic heterocycles. The molecule has 1 atom stereocenters. The largest absolute Gasteiger partial charge is 0.384 e. The van der Waals surface area contributed by atoms with Crippen LogP contribution in [0.3, 0.4) is 0 Å². The molecule has 70 valence electrons. The number of amides is 1. The van der Waals surface area contributed by atoms with Crippen LogP contribution in [0.2, 0.25) is 0 Å². The number of rotatable bonds is 2. The highest BCUT2D eigenvalue weighted by molar-refractivity contribution is 5.93. The summed E-state index contributed by atoms with van der Waals surface area (Å²) in [4.78, 5) is 11.1. The van der Waals surface area contributed by atoms with Gasteiger partial charge in [0.2, 0.25) is 0 Å². The molecule has 3 nitrogen and oxygen atoms in total. The van der Waals surface area contributed by atoms with Crippen LogP contribution in [-0.2, 0) is 4.79 Å². The second-order valence-corrected chi connectivity index (χ2v) is 3.03. The minimum Gasteiger partial charge on any atom is -0.384 e. The summed E-state index contributed by atoms with van der Waals surface area (Å²) in [5.41, 5.74) is 1.79. The molecule has 0 saturated heterocycles. The van der Waals surface area contributed by atoms with Crippen molar-refractivity contribution in [3.63, 3.8) is 0 Å². The van der Waals surface area contributed by atoms with Gasteiger partial charge in [-0.25, -0.2) is 0 Å². The van der Waals surface area contributed by atoms with Crippen LogP contribution in [-0.4, -0.2) is 17.1 Å². The van der Waals surface area contributed by atoms with E-state index in [-0.39, 0.29) is 5.91 Å². The van der Waals surface area contributed by atoms with Gasteiger partial charge in [0, 0.05) is 5.69 Å². The van der Waals surface area contributed by atoms with E-state index in [1.165, 1.54) is 6.92 Å². The molecule has 0 bridgehead atoms. The number of aryl methyl sites for hydroxylation is 1. The highest BCUT2D eigenvalue weighted by Crippen LogP contribution is 2.09. The summed E-state index contributed by atoms with van der Waals surface area (Å²) in [7, 11) is 0. The Morgan fingerprint density at radius 1 is 1.54 bits per heavy atom. The maximum absolute atomic E-state index is 11.1. The molecule has 0 aliphatic rings. The average Bonchev–Trinajstić information content (AvgIpc) is 2.04. The molecule has 0 aromatic heterocycles. The van der Waals surface area contributed by atoms with Gasteiger partial charge >= 0.3 is 0 Å². The summed E-state index contributed by atoms with van der Waals surface area (Å²) in [5.74, 6) is -0.384. The molecule has 1 aromatic carbocycles. The van der Waals surface area contributed by atoms with Crippen LogP contribution in [0, 0.1) is 6.92 Å². The Morgan fingerprint density at radius 3 is 2.77 bits per heavy atom. The number of aliphatic hydroxyl groups is 1. The number of nitrogens with one attached hydrogen (secondary N) is 1. The quantitative estimate of drug-likeness (QED) is 0.719. The standard InChI is InChI=1S/C10H13NO2/c1-7-4-3-5-9(6-7)11-10(13)8(2)12/h3-6,8,12H,1-2H3,(H,11,13). The lowest BCUT2D eigenvalue weighted by atomic mass is 10.2. The molecule has 2 N–H and O–H groups in total. The Labute approximate surface area is 77.4 Å². The highest BCUT2D eigenvalue weighted by atomic mass is 16.3. The van der Waals surface area contributed by atoms with E-state index in [1.807, 2.05) is 25.1 Å². The molecule has 0 fully saturated rings. The van der Waals surface area contributed by atoms with E-state index in [2.05, 4.69) is 5.32 Å². The van der Waals surface area contributed by atoms with E-state index in [9.17, 15) is 4.79 Å². The van der Waals surface area contributed by atoms with Crippen molar-refractivity contribution >= 4 is 11.6 Å². The number of anilines is 1. The van der Waals surface area contributed by atoms with Crippen molar-refractivity contribution < 1.29 is 9.90 Å². The lowest BCUT2D eigenvalue weighted by Gasteiger charge is -2.07. The van der Waals surface area contributed by atoms with E-state index in [1.54, 1.807) is 6.07 Å². The molecule has 0 saturated carbocycles. The van der Waals surface area contributed by atoms with E-state index in [0.29, 0.717) is 5.69 Å². The fraction of sp³-hybridized carbons (Fsp3) is 0.300. The Kier molecular flexibility index (Phi) is 3.03. The summed E-state index contributed by atoms with van der Waals surface area (Å²) in [6.07, 6.45) is -0.972. The predicted molar refractivity (Wildman–Crippen MR) is 51.5 cm³/mol. The maximum Gasteiger partial charge on any atom is 0.252 e. The molecule has 1 aromatic rings. The molecule has 1 rings (SSSR count). The SMILES string of the molecule is Cc1cccc(NC(=O)C(C)O)c1. The first-order valence-electron chi connectivity index (χ1n) is 4.15. The highest BCUT2D eigenvalue weighted by Gasteiger charge is 2.07. The Morgan fingerprint density at radius 2 is 2.23 bits per heavy atom. The molecule has 1 unspecified atom stereocenters. The average molecular weight is 179 g/mol. The lowest BCUT2D eigenvalue weighted by Crippen LogP contribution is -2.24. The van der Waals surface area contributed by atoms with Crippen molar-refractivity contribution in [1.82, 2.24) is 0 Å². The van der Waals surface area contributed by atoms with E-state index in [4.69, 9.17) is 5.11 Å². The molecular weight excluding hydrogens is 166 g/mol. The van der Waals surface area contributed by atoms with Crippen LogP contribution in [0.25, 0.3) is 0 Å². The van der Waals surface area contributed by atoms with Crippen LogP contribution in [0.15, 0.2) is 24.3 Å². The molecular formula is C10H13NO2. The van der Waals surface area contributed by atoms with Gasteiger partial charge in [0.05, 0.1) is 0 Å². The zero-order valence-corrected chi connectivity index (χ0v) is 7.74. The third-order valence-corrected chi connectivity index (χ3v) is 1.67. The van der Waals surface area contributed by atoms with Crippen molar-refractivity contribution in [2.45, 2.75) is 20.0 Å². The van der Waals surface area contributed by atoms with Crippen LogP contribution >= 0.6 is 0 Å². The number of hydrogen-bond donors (Lipinski definition) is 2. The zero-order chi connectivity index (χ0) is 9.84. The molecule has 13 heavy (non-hydrogen) atoms. The van der Waals surface area contributed by atoms with Crippen molar-refractivity contribution in [2.75, 3.05) is 5.32 Å². The normalized spacial score (nSPS) is 12.2. The van der Waals surface area contributed by atoms with Gasteiger partial charge in [0.25, 0.3) is 5.91 Å². The summed E-state index contributed by atoms with van der Waals surface area (Å²) >= 11 is 0. The van der Waals surface area contributed by atoms with Crippen molar-refractivity contribution in [1.29, 1.82) is 0 Å². The van der Waals surface area contributed by atoms with Crippen molar-refractivity contribution in [3.05, 3.63) is 29.8 Å². The number of carbonyl (C=O) groups is 1. The number of benzene rings is 1. The van der Waals surface area contributed by atoms with Gasteiger partial charge in [-0.15, -0.1) is 0 Å². The molecule has 0 heterocycles. The topological polar surface area (TPSA) is 49.3 Å². The van der Waals surface area contributed by atoms with Gasteiger partial charge < -0.3 is 10.4 Å². The Hall–Kier alpha value is -1.35. The zero-order valence-electron chi connectivity index (χ0n) is 7.74. The first kappa shape index (κ1) is 9.74. The monoisotopic (exact) mass is 179 g/mol. The lowest BCUT2D eigenvalue weighted by molar-refractivity contribution is -0.123. The predicted octanol–water partition coefficient (Wildman–Crippen LogP) is 1.31. The summed E-state index contributed by atoms with van der Waals surface area (Å²) in [6, 6.07) is 7.43. The fourth-order valence-electron chi connectivity index (χ4n) is 0.970. The summed E-state index contributed by atoms with van der Waals surface area (Å²) < 4.78 is 0. The minimum atomic E-state index is -0.972. The van der Waals surface area contributed by atoms with E-state index < -0.39 is 6.10 Å². The van der Waals surface area contributed by atoms with Gasteiger partial charge in [-0.1, -0.05) is 12.1 Å². The fourth-order valence-corrected chi connectivity index (χ4v) is 0.970. The van der Waals surface area contributed by atoms with Gasteiger partial charge in [0.15, 0.2) is 0 Å². The summed E-state index contributed by atoms with van der Waals surface area (Å²) in [6.45, 7) is 3.38. The maximum atomic E-state index is 11.1. The molecule has 3 heteroatoms. The van der Waals surface area contributed by atoms with Crippen molar-refractivity contribution in [3.8, 4) is 0 Å². The third kappa shape index (κ3) is 2.87. The van der Waals surface area contributed by atoms with Crippen LogP contribution in [0.5, 0.6) is 0 Å². The Bertz CT molecular complexity index is 308. The van der Waals surface area contributed by atoms with Gasteiger partial charge in [-0.05, 0) is 31.5 Å². The number of aliphatic hydroxyl groups excluding tert-OH is 1. The Balaban J connectivity index is 2.69. The molecule has 0 aliphatic carbocycles. The van der Waals surface area contributed by atoms with Gasteiger partial charge in [0.1, 0.15) is 6.10 Å². The molecule has 0 spiro atoms. The van der Waals surface area contributed by atoms with E-state index in [0.717, 1.165) is 5.56 Å². The molecule has 0 radical (unpaired) electrons. The van der Waals surface area contributed by atoms with Crippen molar-refractivity contribution in [2.24, 2.45) is 0 Å². The van der Waals surface area contributed by atoms with E-state index >= 15 is 0 Å². The minimum absolute atomic E-state index is 0.384. The first-order chi connectivity index (χ1) is 6.09. The number of hydrogen-bond acceptors (Lipinski definition) is 2. The second kappa shape index (κ2) is 4.05. The smallest absolute Gasteiger partial charge is 0.252 e. The number of carbonyl (C=O) groups excluding carboxylic acids is 1. The van der Waals surface area contributed by atoms with Gasteiger partial charge in [-0.2, -0.15) is 0 Å². The van der Waals surface area contributed by atoms with Crippen LogP contribution < -0.4 is 5.32 Å².